The molecule has 166 valence electrons. The fourth-order valence-corrected chi connectivity index (χ4v) is 4.52. The van der Waals surface area contributed by atoms with Gasteiger partial charge in [0.2, 0.25) is 0 Å². The molecule has 0 aliphatic carbocycles. The van der Waals surface area contributed by atoms with Crippen LogP contribution in [0.5, 0.6) is 0 Å². The Hall–Kier alpha value is -4.45. The van der Waals surface area contributed by atoms with Gasteiger partial charge in [-0.25, -0.2) is 13.2 Å². The van der Waals surface area contributed by atoms with E-state index in [2.05, 4.69) is 30.2 Å². The van der Waals surface area contributed by atoms with Crippen molar-refractivity contribution >= 4 is 38.3 Å². The minimum Gasteiger partial charge on any atom is -0.345 e. The van der Waals surface area contributed by atoms with Gasteiger partial charge in [0.1, 0.15) is 0 Å². The molecule has 11 nitrogen and oxygen atoms in total. The second-order valence-corrected chi connectivity index (χ2v) is 8.85. The lowest BCUT2D eigenvalue weighted by Gasteiger charge is -2.13. The molecule has 0 unspecified atom stereocenters. The molecule has 2 aromatic carbocycles. The van der Waals surface area contributed by atoms with Crippen molar-refractivity contribution in [3.63, 3.8) is 0 Å². The minimum absolute atomic E-state index is 0.0598. The number of aromatic amines is 2. The third-order valence-electron chi connectivity index (χ3n) is 5.01. The number of benzene rings is 2. The molecule has 0 saturated carbocycles. The molecule has 5 rings (SSSR count). The van der Waals surface area contributed by atoms with Crippen molar-refractivity contribution < 1.29 is 13.2 Å². The number of carbonyl (C=O) groups excluding carboxylic acids is 1. The van der Waals surface area contributed by atoms with E-state index < -0.39 is 21.6 Å². The van der Waals surface area contributed by atoms with Gasteiger partial charge in [-0.2, -0.15) is 0 Å². The van der Waals surface area contributed by atoms with Crippen LogP contribution in [0.15, 0.2) is 76.6 Å². The molecule has 0 radical (unpaired) electrons. The van der Waals surface area contributed by atoms with E-state index in [4.69, 9.17) is 0 Å². The van der Waals surface area contributed by atoms with Crippen LogP contribution in [0.1, 0.15) is 16.2 Å². The predicted molar refractivity (Wildman–Crippen MR) is 120 cm³/mol. The summed E-state index contributed by atoms with van der Waals surface area (Å²) < 4.78 is 30.1. The van der Waals surface area contributed by atoms with Gasteiger partial charge in [0.25, 0.3) is 15.9 Å². The number of amides is 1. The highest BCUT2D eigenvalue weighted by Crippen LogP contribution is 2.22. The average molecular weight is 463 g/mol. The van der Waals surface area contributed by atoms with Gasteiger partial charge in [-0.3, -0.25) is 13.9 Å². The standard InChI is InChI=1S/C21H17N7O4S/c29-20(22-12-19-26-25-18-7-3-4-10-28(18)19)14-5-1-2-6-15(14)27-33(31,32)13-8-9-16-17(11-13)24-21(30)23-16/h1-11,27H,12H2,(H,22,29)(H2,23,24,30). The summed E-state index contributed by atoms with van der Waals surface area (Å²) in [6.07, 6.45) is 1.79. The smallest absolute Gasteiger partial charge is 0.323 e. The highest BCUT2D eigenvalue weighted by atomic mass is 32.2. The maximum atomic E-state index is 13.0. The number of carbonyl (C=O) groups is 1. The molecule has 0 aliphatic rings. The SMILES string of the molecule is O=C(NCc1nnc2ccccn12)c1ccccc1NS(=O)(=O)c1ccc2[nH]c(=O)[nH]c2c1. The first-order valence-electron chi connectivity index (χ1n) is 9.81. The lowest BCUT2D eigenvalue weighted by atomic mass is 10.1. The maximum absolute atomic E-state index is 13.0. The maximum Gasteiger partial charge on any atom is 0.323 e. The summed E-state index contributed by atoms with van der Waals surface area (Å²) in [6.45, 7) is 0.0998. The first kappa shape index (κ1) is 20.5. The summed E-state index contributed by atoms with van der Waals surface area (Å²) in [5, 5.41) is 10.9. The molecule has 0 aliphatic heterocycles. The highest BCUT2D eigenvalue weighted by Gasteiger charge is 2.20. The Labute approximate surface area is 186 Å². The fourth-order valence-electron chi connectivity index (χ4n) is 3.42. The average Bonchev–Trinajstić information content (AvgIpc) is 3.39. The zero-order chi connectivity index (χ0) is 23.0. The molecule has 33 heavy (non-hydrogen) atoms. The monoisotopic (exact) mass is 463 g/mol. The van der Waals surface area contributed by atoms with Crippen LogP contribution in [0.3, 0.4) is 0 Å². The molecule has 4 N–H and O–H groups in total. The molecular weight excluding hydrogens is 446 g/mol. The van der Waals surface area contributed by atoms with E-state index in [-0.39, 0.29) is 22.7 Å². The van der Waals surface area contributed by atoms with Gasteiger partial charge in [-0.1, -0.05) is 18.2 Å². The summed E-state index contributed by atoms with van der Waals surface area (Å²) in [6, 6.07) is 15.9. The van der Waals surface area contributed by atoms with Gasteiger partial charge in [-0.15, -0.1) is 10.2 Å². The highest BCUT2D eigenvalue weighted by molar-refractivity contribution is 7.92. The molecule has 0 bridgehead atoms. The number of aromatic nitrogens is 5. The number of para-hydroxylation sites is 1. The van der Waals surface area contributed by atoms with Crippen molar-refractivity contribution in [1.82, 2.24) is 29.9 Å². The van der Waals surface area contributed by atoms with Crippen molar-refractivity contribution in [2.45, 2.75) is 11.4 Å². The summed E-state index contributed by atoms with van der Waals surface area (Å²) in [4.78, 5) is 29.3. The molecule has 3 heterocycles. The molecule has 5 aromatic rings. The summed E-state index contributed by atoms with van der Waals surface area (Å²) in [5.41, 5.74) is 1.31. The van der Waals surface area contributed by atoms with E-state index >= 15 is 0 Å². The predicted octanol–water partition coefficient (Wildman–Crippen LogP) is 1.63. The first-order valence-corrected chi connectivity index (χ1v) is 11.3. The van der Waals surface area contributed by atoms with Crippen molar-refractivity contribution in [2.75, 3.05) is 4.72 Å². The summed E-state index contributed by atoms with van der Waals surface area (Å²) in [5.74, 6) is 0.0530. The molecule has 1 amide bonds. The molecule has 0 saturated heterocycles. The quantitative estimate of drug-likeness (QED) is 0.300. The zero-order valence-corrected chi connectivity index (χ0v) is 17.8. The Kier molecular flexibility index (Phi) is 4.90. The fraction of sp³-hybridized carbons (Fsp3) is 0.0476. The lowest BCUT2D eigenvalue weighted by molar-refractivity contribution is 0.0950. The number of H-pyrrole nitrogens is 2. The van der Waals surface area contributed by atoms with Crippen LogP contribution in [-0.4, -0.2) is 38.9 Å². The van der Waals surface area contributed by atoms with Gasteiger partial charge in [-0.05, 0) is 42.5 Å². The number of imidazole rings is 1. The van der Waals surface area contributed by atoms with Crippen LogP contribution in [0.4, 0.5) is 5.69 Å². The van der Waals surface area contributed by atoms with Crippen molar-refractivity contribution in [2.24, 2.45) is 0 Å². The van der Waals surface area contributed by atoms with Gasteiger partial charge in [0.05, 0.1) is 33.7 Å². The second-order valence-electron chi connectivity index (χ2n) is 7.17. The van der Waals surface area contributed by atoms with Crippen molar-refractivity contribution in [3.8, 4) is 0 Å². The lowest BCUT2D eigenvalue weighted by Crippen LogP contribution is -2.25. The third kappa shape index (κ3) is 3.94. The van der Waals surface area contributed by atoms with E-state index in [1.165, 1.54) is 30.3 Å². The van der Waals surface area contributed by atoms with Gasteiger partial charge < -0.3 is 15.3 Å². The normalized spacial score (nSPS) is 11.6. The Morgan fingerprint density at radius 2 is 1.76 bits per heavy atom. The Bertz CT molecular complexity index is 1670. The van der Waals surface area contributed by atoms with Crippen LogP contribution in [0, 0.1) is 0 Å². The number of fused-ring (bicyclic) bond motifs is 2. The van der Waals surface area contributed by atoms with Crippen molar-refractivity contribution in [1.29, 1.82) is 0 Å². The Balaban J connectivity index is 1.38. The number of nitrogens with one attached hydrogen (secondary N) is 4. The Morgan fingerprint density at radius 3 is 2.64 bits per heavy atom. The number of hydrogen-bond donors (Lipinski definition) is 4. The Morgan fingerprint density at radius 1 is 0.970 bits per heavy atom. The van der Waals surface area contributed by atoms with E-state index in [0.29, 0.717) is 22.5 Å². The second kappa shape index (κ2) is 7.91. The van der Waals surface area contributed by atoms with Crippen molar-refractivity contribution in [3.05, 3.63) is 88.7 Å². The molecule has 0 atom stereocenters. The van der Waals surface area contributed by atoms with E-state index in [9.17, 15) is 18.0 Å². The number of pyridine rings is 1. The van der Waals surface area contributed by atoms with Gasteiger partial charge >= 0.3 is 5.69 Å². The molecule has 3 aromatic heterocycles. The molecular formula is C21H17N7O4S. The van der Waals surface area contributed by atoms with Crippen LogP contribution < -0.4 is 15.7 Å². The zero-order valence-electron chi connectivity index (χ0n) is 16.9. The topological polar surface area (TPSA) is 154 Å². The molecule has 12 heteroatoms. The van der Waals surface area contributed by atoms with E-state index in [0.717, 1.165) is 0 Å². The number of sulfonamides is 1. The number of nitrogens with zero attached hydrogens (tertiary/aromatic N) is 3. The number of rotatable bonds is 6. The summed E-state index contributed by atoms with van der Waals surface area (Å²) >= 11 is 0. The number of hydrogen-bond acceptors (Lipinski definition) is 6. The van der Waals surface area contributed by atoms with E-state index in [1.54, 1.807) is 28.8 Å². The largest absolute Gasteiger partial charge is 0.345 e. The third-order valence-corrected chi connectivity index (χ3v) is 6.37. The van der Waals surface area contributed by atoms with Gasteiger partial charge in [0, 0.05) is 6.20 Å². The van der Waals surface area contributed by atoms with Crippen LogP contribution in [-0.2, 0) is 16.6 Å². The molecule has 0 spiro atoms. The van der Waals surface area contributed by atoms with E-state index in [1.807, 2.05) is 12.1 Å². The van der Waals surface area contributed by atoms with Crippen LogP contribution in [0.25, 0.3) is 16.7 Å². The first-order chi connectivity index (χ1) is 15.9. The van der Waals surface area contributed by atoms with Crippen LogP contribution in [0.2, 0.25) is 0 Å². The van der Waals surface area contributed by atoms with Crippen LogP contribution >= 0.6 is 0 Å². The number of anilines is 1. The van der Waals surface area contributed by atoms with Gasteiger partial charge in [0.15, 0.2) is 11.5 Å². The summed E-state index contributed by atoms with van der Waals surface area (Å²) in [7, 11) is -4.03. The molecule has 0 fully saturated rings. The minimum atomic E-state index is -4.03.